The zero-order valence-electron chi connectivity index (χ0n) is 7.73. The van der Waals surface area contributed by atoms with Gasteiger partial charge in [-0.1, -0.05) is 0 Å². The zero-order chi connectivity index (χ0) is 12.8. The van der Waals surface area contributed by atoms with Crippen molar-refractivity contribution in [2.24, 2.45) is 0 Å². The van der Waals surface area contributed by atoms with E-state index in [9.17, 15) is 13.7 Å². The Morgan fingerprint density at radius 1 is 1.06 bits per heavy atom. The number of hydrogen-bond donors (Lipinski definition) is 4. The van der Waals surface area contributed by atoms with Crippen molar-refractivity contribution in [3.63, 3.8) is 0 Å². The molecule has 10 nitrogen and oxygen atoms in total. The number of hydrogen-bond acceptors (Lipinski definition) is 6. The van der Waals surface area contributed by atoms with Crippen LogP contribution in [0.4, 0.5) is 0 Å². The van der Waals surface area contributed by atoms with E-state index < -0.39 is 35.2 Å². The molecule has 0 aromatic rings. The average molecular weight is 298 g/mol. The number of ether oxygens (including phenoxy) is 1. The summed E-state index contributed by atoms with van der Waals surface area (Å²) in [6, 6.07) is 0. The van der Waals surface area contributed by atoms with Crippen molar-refractivity contribution in [1.29, 1.82) is 0 Å². The van der Waals surface area contributed by atoms with Crippen LogP contribution in [0.15, 0.2) is 0 Å². The molecule has 0 bridgehead atoms. The summed E-state index contributed by atoms with van der Waals surface area (Å²) in [5.41, 5.74) is 0. The lowest BCUT2D eigenvalue weighted by molar-refractivity contribution is 0.219. The molecule has 4 N–H and O–H groups in total. The largest absolute Gasteiger partial charge is 0.488 e. The molecule has 16 heavy (non-hydrogen) atoms. The van der Waals surface area contributed by atoms with E-state index in [4.69, 9.17) is 19.6 Å². The second kappa shape index (κ2) is 4.26. The first-order valence-corrected chi connectivity index (χ1v) is 8.39. The fourth-order valence-electron chi connectivity index (χ4n) is 0.860. The topological polar surface area (TPSA) is 163 Å². The van der Waals surface area contributed by atoms with Crippen LogP contribution in [-0.2, 0) is 27.1 Å². The van der Waals surface area contributed by atoms with Gasteiger partial charge in [0.05, 0.1) is 6.10 Å². The average Bonchev–Trinajstić information content (AvgIpc) is 2.57. The molecule has 0 aliphatic carbocycles. The normalized spacial score (nSPS) is 32.8. The van der Waals surface area contributed by atoms with E-state index in [2.05, 4.69) is 13.4 Å². The molecular weight excluding hydrogens is 289 g/mol. The Kier molecular flexibility index (Phi) is 3.85. The molecule has 1 rings (SSSR count). The van der Waals surface area contributed by atoms with Crippen molar-refractivity contribution in [2.45, 2.75) is 18.9 Å². The Labute approximate surface area is 89.5 Å². The lowest BCUT2D eigenvalue weighted by Gasteiger charge is -2.14. The summed E-state index contributed by atoms with van der Waals surface area (Å²) in [6.07, 6.45) is -0.647. The van der Waals surface area contributed by atoms with Gasteiger partial charge in [0, 0.05) is 0 Å². The molecule has 1 saturated heterocycles. The zero-order valence-corrected chi connectivity index (χ0v) is 10.4. The molecule has 1 aliphatic heterocycles. The van der Waals surface area contributed by atoms with E-state index in [1.54, 1.807) is 0 Å². The quantitative estimate of drug-likeness (QED) is 0.405. The van der Waals surface area contributed by atoms with Crippen LogP contribution < -0.4 is 0 Å². The van der Waals surface area contributed by atoms with Crippen LogP contribution in [0.5, 0.6) is 0 Å². The van der Waals surface area contributed by atoms with Crippen LogP contribution in [0.3, 0.4) is 0 Å². The molecule has 0 saturated carbocycles. The van der Waals surface area contributed by atoms with Crippen LogP contribution in [0.2, 0.25) is 0 Å². The van der Waals surface area contributed by atoms with Gasteiger partial charge in [-0.25, -0.2) is 13.4 Å². The van der Waals surface area contributed by atoms with Crippen molar-refractivity contribution in [2.75, 3.05) is 0 Å². The van der Waals surface area contributed by atoms with Gasteiger partial charge in [-0.2, -0.15) is 4.31 Å². The number of rotatable bonds is 5. The number of epoxide rings is 1. The maximum Gasteiger partial charge on any atom is 0.488 e. The third-order valence-corrected chi connectivity index (χ3v) is 6.05. The first-order chi connectivity index (χ1) is 6.93. The Balaban J connectivity index is 2.69. The van der Waals surface area contributed by atoms with Crippen molar-refractivity contribution in [1.82, 2.24) is 0 Å². The molecule has 0 radical (unpaired) electrons. The molecule has 13 heteroatoms. The minimum atomic E-state index is -5.33. The molecule has 1 fully saturated rings. The molecule has 0 aromatic heterocycles. The van der Waals surface area contributed by atoms with E-state index >= 15 is 0 Å². The Morgan fingerprint density at radius 3 is 1.81 bits per heavy atom. The molecule has 1 heterocycles. The highest BCUT2D eigenvalue weighted by molar-refractivity contribution is 7.68. The van der Waals surface area contributed by atoms with Gasteiger partial charge in [-0.15, -0.1) is 0 Å². The van der Waals surface area contributed by atoms with Crippen molar-refractivity contribution < 1.29 is 46.6 Å². The first kappa shape index (κ1) is 14.5. The highest BCUT2D eigenvalue weighted by atomic mass is 31.3. The third-order valence-electron chi connectivity index (χ3n) is 1.43. The fourth-order valence-corrected chi connectivity index (χ4v) is 4.75. The van der Waals surface area contributed by atoms with Gasteiger partial charge in [0.1, 0.15) is 0 Å². The van der Waals surface area contributed by atoms with Crippen LogP contribution in [-0.4, -0.2) is 31.5 Å². The van der Waals surface area contributed by atoms with Crippen molar-refractivity contribution in [3.8, 4) is 0 Å². The maximum atomic E-state index is 11.2. The summed E-state index contributed by atoms with van der Waals surface area (Å²) < 4.78 is 44.0. The Hall–Kier alpha value is 0.410. The summed E-state index contributed by atoms with van der Waals surface area (Å²) in [6.45, 7) is 1.41. The van der Waals surface area contributed by atoms with Gasteiger partial charge >= 0.3 is 23.2 Å². The van der Waals surface area contributed by atoms with E-state index in [0.717, 1.165) is 0 Å². The Morgan fingerprint density at radius 2 is 1.50 bits per heavy atom. The maximum absolute atomic E-state index is 11.2. The predicted molar refractivity (Wildman–Crippen MR) is 48.2 cm³/mol. The molecule has 0 aromatic carbocycles. The van der Waals surface area contributed by atoms with Crippen LogP contribution in [0.1, 0.15) is 6.92 Å². The van der Waals surface area contributed by atoms with Crippen LogP contribution in [0.25, 0.3) is 0 Å². The first-order valence-electron chi connectivity index (χ1n) is 3.72. The van der Waals surface area contributed by atoms with Gasteiger partial charge < -0.3 is 24.3 Å². The van der Waals surface area contributed by atoms with E-state index in [-0.39, 0.29) is 0 Å². The van der Waals surface area contributed by atoms with Gasteiger partial charge in [-0.3, -0.25) is 4.57 Å². The minimum absolute atomic E-state index is 0.647. The van der Waals surface area contributed by atoms with Crippen molar-refractivity contribution in [3.05, 3.63) is 0 Å². The molecular formula is C3H9O10P3. The summed E-state index contributed by atoms with van der Waals surface area (Å²) in [5.74, 6) is -1.30. The third kappa shape index (κ3) is 4.35. The van der Waals surface area contributed by atoms with Gasteiger partial charge in [0.15, 0.2) is 5.85 Å². The van der Waals surface area contributed by atoms with Gasteiger partial charge in [0.2, 0.25) is 0 Å². The van der Waals surface area contributed by atoms with Crippen LogP contribution in [0, 0.1) is 0 Å². The standard InChI is InChI=1S/C3H9O10P3/c1-2-3(11-2)14(4,5)12-16(9,10)13-15(6,7)8/h2-3H,1H3,(H,4,5)(H,9,10)(H2,6,7,8). The fraction of sp³-hybridized carbons (Fsp3) is 1.00. The number of phosphoric acid groups is 2. The summed E-state index contributed by atoms with van der Waals surface area (Å²) in [7, 11) is -15.3. The summed E-state index contributed by atoms with van der Waals surface area (Å²) in [5, 5.41) is 0. The smallest absolute Gasteiger partial charge is 0.356 e. The van der Waals surface area contributed by atoms with E-state index in [1.807, 2.05) is 0 Å². The van der Waals surface area contributed by atoms with Gasteiger partial charge in [-0.05, 0) is 6.92 Å². The second-order valence-electron chi connectivity index (χ2n) is 2.92. The van der Waals surface area contributed by atoms with E-state index in [1.165, 1.54) is 6.92 Å². The van der Waals surface area contributed by atoms with Gasteiger partial charge in [0.25, 0.3) is 0 Å². The lowest BCUT2D eigenvalue weighted by Crippen LogP contribution is -1.98. The SMILES string of the molecule is CC1OC1P(=O)(O)OP(=O)(O)OP(=O)(O)O. The second-order valence-corrected chi connectivity index (χ2v) is 7.78. The molecule has 0 amide bonds. The minimum Gasteiger partial charge on any atom is -0.356 e. The highest BCUT2D eigenvalue weighted by Crippen LogP contribution is 2.70. The lowest BCUT2D eigenvalue weighted by atomic mass is 10.6. The van der Waals surface area contributed by atoms with Crippen LogP contribution >= 0.6 is 23.2 Å². The predicted octanol–water partition coefficient (Wildman–Crippen LogP) is 0.143. The molecule has 1 aliphatic rings. The van der Waals surface area contributed by atoms with Crippen molar-refractivity contribution >= 4 is 23.2 Å². The summed E-state index contributed by atoms with van der Waals surface area (Å²) in [4.78, 5) is 34.3. The molecule has 4 unspecified atom stereocenters. The summed E-state index contributed by atoms with van der Waals surface area (Å²) >= 11 is 0. The molecule has 4 atom stereocenters. The monoisotopic (exact) mass is 298 g/mol. The Bertz CT molecular complexity index is 410. The van der Waals surface area contributed by atoms with E-state index in [0.29, 0.717) is 0 Å². The molecule has 96 valence electrons. The molecule has 0 spiro atoms. The highest BCUT2D eigenvalue weighted by Gasteiger charge is 2.54.